The second-order valence-corrected chi connectivity index (χ2v) is 6.62. The third kappa shape index (κ3) is 8.06. The molecule has 0 aliphatic carbocycles. The largest absolute Gasteiger partial charge is 0.378 e. The van der Waals surface area contributed by atoms with E-state index >= 15 is 0 Å². The van der Waals surface area contributed by atoms with E-state index in [0.29, 0.717) is 12.1 Å². The van der Waals surface area contributed by atoms with Crippen LogP contribution in [0.3, 0.4) is 0 Å². The van der Waals surface area contributed by atoms with E-state index in [1.54, 1.807) is 0 Å². The minimum absolute atomic E-state index is 0.214. The SMILES string of the molecule is CC(CNC(C)(C)C)NCCCC1CCCCO1. The first-order chi connectivity index (χ1) is 8.47. The highest BCUT2D eigenvalue weighted by molar-refractivity contribution is 4.74. The molecule has 0 radical (unpaired) electrons. The summed E-state index contributed by atoms with van der Waals surface area (Å²) >= 11 is 0. The summed E-state index contributed by atoms with van der Waals surface area (Å²) in [4.78, 5) is 0. The van der Waals surface area contributed by atoms with Crippen LogP contribution in [0.15, 0.2) is 0 Å². The Morgan fingerprint density at radius 3 is 2.67 bits per heavy atom. The zero-order chi connectivity index (χ0) is 13.4. The van der Waals surface area contributed by atoms with Gasteiger partial charge < -0.3 is 15.4 Å². The Morgan fingerprint density at radius 1 is 1.28 bits per heavy atom. The van der Waals surface area contributed by atoms with Crippen molar-refractivity contribution >= 4 is 0 Å². The molecule has 0 aromatic heterocycles. The Balaban J connectivity index is 1.96. The van der Waals surface area contributed by atoms with E-state index in [-0.39, 0.29) is 5.54 Å². The van der Waals surface area contributed by atoms with Gasteiger partial charge in [0.2, 0.25) is 0 Å². The van der Waals surface area contributed by atoms with Gasteiger partial charge in [0.15, 0.2) is 0 Å². The maximum atomic E-state index is 5.74. The zero-order valence-electron chi connectivity index (χ0n) is 12.7. The number of hydrogen-bond acceptors (Lipinski definition) is 3. The lowest BCUT2D eigenvalue weighted by atomic mass is 10.0. The van der Waals surface area contributed by atoms with Crippen molar-refractivity contribution in [3.8, 4) is 0 Å². The highest BCUT2D eigenvalue weighted by atomic mass is 16.5. The second-order valence-electron chi connectivity index (χ2n) is 6.62. The summed E-state index contributed by atoms with van der Waals surface area (Å²) in [5.41, 5.74) is 0.214. The average molecular weight is 256 g/mol. The van der Waals surface area contributed by atoms with Crippen LogP contribution >= 0.6 is 0 Å². The van der Waals surface area contributed by atoms with Gasteiger partial charge in [0, 0.05) is 24.7 Å². The van der Waals surface area contributed by atoms with Crippen LogP contribution in [-0.4, -0.2) is 37.4 Å². The molecular weight excluding hydrogens is 224 g/mol. The second kappa shape index (κ2) is 8.13. The van der Waals surface area contributed by atoms with Crippen LogP contribution in [0.4, 0.5) is 0 Å². The lowest BCUT2D eigenvalue weighted by Gasteiger charge is -2.25. The normalized spacial score (nSPS) is 23.0. The monoisotopic (exact) mass is 256 g/mol. The minimum Gasteiger partial charge on any atom is -0.378 e. The lowest BCUT2D eigenvalue weighted by molar-refractivity contribution is 0.0101. The van der Waals surface area contributed by atoms with Crippen LogP contribution in [0.2, 0.25) is 0 Å². The topological polar surface area (TPSA) is 33.3 Å². The number of nitrogens with one attached hydrogen (secondary N) is 2. The van der Waals surface area contributed by atoms with Gasteiger partial charge in [0.25, 0.3) is 0 Å². The fraction of sp³-hybridized carbons (Fsp3) is 1.00. The summed E-state index contributed by atoms with van der Waals surface area (Å²) in [6.07, 6.45) is 6.84. The molecule has 108 valence electrons. The van der Waals surface area contributed by atoms with Crippen molar-refractivity contribution in [1.29, 1.82) is 0 Å². The third-order valence-corrected chi connectivity index (χ3v) is 3.41. The molecule has 2 atom stereocenters. The van der Waals surface area contributed by atoms with E-state index in [1.165, 1.54) is 32.1 Å². The van der Waals surface area contributed by atoms with E-state index in [1.807, 2.05) is 0 Å². The first-order valence-electron chi connectivity index (χ1n) is 7.57. The standard InChI is InChI=1S/C15H32N2O/c1-13(12-17-15(2,3)4)16-10-7-9-14-8-5-6-11-18-14/h13-14,16-17H,5-12H2,1-4H3. The van der Waals surface area contributed by atoms with Gasteiger partial charge in [-0.25, -0.2) is 0 Å². The molecule has 0 amide bonds. The zero-order valence-corrected chi connectivity index (χ0v) is 12.7. The summed E-state index contributed by atoms with van der Waals surface area (Å²) in [6.45, 7) is 12.0. The van der Waals surface area contributed by atoms with Crippen LogP contribution in [0.1, 0.15) is 59.8 Å². The van der Waals surface area contributed by atoms with E-state index in [2.05, 4.69) is 38.3 Å². The van der Waals surface area contributed by atoms with Crippen LogP contribution < -0.4 is 10.6 Å². The first kappa shape index (κ1) is 15.9. The molecule has 0 bridgehead atoms. The van der Waals surface area contributed by atoms with Crippen molar-refractivity contribution in [2.24, 2.45) is 0 Å². The predicted octanol–water partition coefficient (Wildman–Crippen LogP) is 2.70. The van der Waals surface area contributed by atoms with Crippen molar-refractivity contribution in [1.82, 2.24) is 10.6 Å². The molecule has 2 unspecified atom stereocenters. The van der Waals surface area contributed by atoms with Gasteiger partial charge in [0.05, 0.1) is 6.10 Å². The van der Waals surface area contributed by atoms with Gasteiger partial charge in [-0.2, -0.15) is 0 Å². The highest BCUT2D eigenvalue weighted by Crippen LogP contribution is 2.16. The summed E-state index contributed by atoms with van der Waals surface area (Å²) in [5, 5.41) is 7.10. The summed E-state index contributed by atoms with van der Waals surface area (Å²) in [7, 11) is 0. The number of ether oxygens (including phenoxy) is 1. The van der Waals surface area contributed by atoms with Crippen LogP contribution in [0, 0.1) is 0 Å². The van der Waals surface area contributed by atoms with Gasteiger partial charge in [-0.15, -0.1) is 0 Å². The highest BCUT2D eigenvalue weighted by Gasteiger charge is 2.13. The van der Waals surface area contributed by atoms with E-state index in [0.717, 1.165) is 19.7 Å². The average Bonchev–Trinajstić information content (AvgIpc) is 2.33. The first-order valence-corrected chi connectivity index (χ1v) is 7.57. The van der Waals surface area contributed by atoms with Crippen molar-refractivity contribution in [3.63, 3.8) is 0 Å². The van der Waals surface area contributed by atoms with Crippen LogP contribution in [0.25, 0.3) is 0 Å². The molecule has 1 heterocycles. The number of rotatable bonds is 7. The Hall–Kier alpha value is -0.120. The summed E-state index contributed by atoms with van der Waals surface area (Å²) < 4.78 is 5.74. The minimum atomic E-state index is 0.214. The molecular formula is C15H32N2O. The molecule has 0 spiro atoms. The molecule has 1 fully saturated rings. The fourth-order valence-electron chi connectivity index (χ4n) is 2.24. The molecule has 1 aliphatic heterocycles. The van der Waals surface area contributed by atoms with Crippen molar-refractivity contribution in [2.45, 2.75) is 77.5 Å². The molecule has 2 N–H and O–H groups in total. The van der Waals surface area contributed by atoms with Gasteiger partial charge in [-0.3, -0.25) is 0 Å². The van der Waals surface area contributed by atoms with Gasteiger partial charge >= 0.3 is 0 Å². The Morgan fingerprint density at radius 2 is 2.06 bits per heavy atom. The van der Waals surface area contributed by atoms with Crippen molar-refractivity contribution < 1.29 is 4.74 Å². The smallest absolute Gasteiger partial charge is 0.0575 e. The number of hydrogen-bond donors (Lipinski definition) is 2. The van der Waals surface area contributed by atoms with E-state index in [9.17, 15) is 0 Å². The van der Waals surface area contributed by atoms with Crippen molar-refractivity contribution in [2.75, 3.05) is 19.7 Å². The molecule has 0 aromatic rings. The molecule has 3 nitrogen and oxygen atoms in total. The quantitative estimate of drug-likeness (QED) is 0.687. The summed E-state index contributed by atoms with van der Waals surface area (Å²) in [5.74, 6) is 0. The Bertz CT molecular complexity index is 207. The molecule has 1 rings (SSSR count). The Kier molecular flexibility index (Phi) is 7.20. The van der Waals surface area contributed by atoms with E-state index in [4.69, 9.17) is 4.74 Å². The maximum Gasteiger partial charge on any atom is 0.0575 e. The molecule has 18 heavy (non-hydrogen) atoms. The predicted molar refractivity (Wildman–Crippen MR) is 78.0 cm³/mol. The maximum absolute atomic E-state index is 5.74. The van der Waals surface area contributed by atoms with Gasteiger partial charge in [0.1, 0.15) is 0 Å². The molecule has 1 aliphatic rings. The summed E-state index contributed by atoms with van der Waals surface area (Å²) in [6, 6.07) is 0.538. The van der Waals surface area contributed by atoms with Crippen LogP contribution in [-0.2, 0) is 4.74 Å². The van der Waals surface area contributed by atoms with Crippen molar-refractivity contribution in [3.05, 3.63) is 0 Å². The molecule has 0 saturated carbocycles. The molecule has 3 heteroatoms. The molecule has 1 saturated heterocycles. The van der Waals surface area contributed by atoms with Gasteiger partial charge in [-0.05, 0) is 66.3 Å². The fourth-order valence-corrected chi connectivity index (χ4v) is 2.24. The molecule has 0 aromatic carbocycles. The third-order valence-electron chi connectivity index (χ3n) is 3.41. The lowest BCUT2D eigenvalue weighted by Crippen LogP contribution is -2.44. The van der Waals surface area contributed by atoms with E-state index < -0.39 is 0 Å². The van der Waals surface area contributed by atoms with Gasteiger partial charge in [-0.1, -0.05) is 0 Å². The van der Waals surface area contributed by atoms with Crippen LogP contribution in [0.5, 0.6) is 0 Å². The Labute approximate surface area is 113 Å².